The average Bonchev–Trinajstić information content (AvgIpc) is 2.19. The first-order valence-electron chi connectivity index (χ1n) is 4.34. The number of hydrogen-bond donors (Lipinski definition) is 3. The van der Waals surface area contributed by atoms with Crippen LogP contribution >= 0.6 is 0 Å². The third-order valence-electron chi connectivity index (χ3n) is 1.88. The highest BCUT2D eigenvalue weighted by Gasteiger charge is 2.33. The summed E-state index contributed by atoms with van der Waals surface area (Å²) in [4.78, 5) is 0. The molecule has 9 heteroatoms. The van der Waals surface area contributed by atoms with Gasteiger partial charge in [-0.25, -0.2) is 4.72 Å². The van der Waals surface area contributed by atoms with E-state index < -0.39 is 27.6 Å². The van der Waals surface area contributed by atoms with E-state index in [0.29, 0.717) is 6.07 Å². The second kappa shape index (κ2) is 4.41. The first-order chi connectivity index (χ1) is 7.65. The summed E-state index contributed by atoms with van der Waals surface area (Å²) in [6.07, 6.45) is -4.63. The number of hydrogen-bond acceptors (Lipinski definition) is 3. The summed E-state index contributed by atoms with van der Waals surface area (Å²) in [5.74, 6) is 0. The Balaban J connectivity index is 3.14. The standard InChI is InChI=1S/C8H10F3N3O2S/c1-13-17(15,16)14-5-2-3-7(12)6(4-5)8(9,10)11/h2-4,13-14H,12H2,1H3. The van der Waals surface area contributed by atoms with E-state index in [1.807, 2.05) is 9.44 Å². The third kappa shape index (κ3) is 3.49. The topological polar surface area (TPSA) is 84.2 Å². The first kappa shape index (κ1) is 13.6. The molecule has 0 unspecified atom stereocenters. The lowest BCUT2D eigenvalue weighted by Gasteiger charge is -2.12. The number of alkyl halides is 3. The van der Waals surface area contributed by atoms with Crippen LogP contribution in [0.3, 0.4) is 0 Å². The van der Waals surface area contributed by atoms with Gasteiger partial charge in [0.15, 0.2) is 0 Å². The van der Waals surface area contributed by atoms with E-state index in [1.54, 1.807) is 0 Å². The normalized spacial score (nSPS) is 12.5. The number of benzene rings is 1. The largest absolute Gasteiger partial charge is 0.418 e. The Morgan fingerprint density at radius 1 is 1.29 bits per heavy atom. The van der Waals surface area contributed by atoms with Crippen LogP contribution in [0.1, 0.15) is 5.56 Å². The molecule has 0 amide bonds. The number of nitrogens with one attached hydrogen (secondary N) is 2. The van der Waals surface area contributed by atoms with Crippen molar-refractivity contribution in [3.63, 3.8) is 0 Å². The van der Waals surface area contributed by atoms with Gasteiger partial charge in [0.25, 0.3) is 10.2 Å². The smallest absolute Gasteiger partial charge is 0.398 e. The quantitative estimate of drug-likeness (QED) is 0.720. The minimum Gasteiger partial charge on any atom is -0.398 e. The molecule has 0 fully saturated rings. The van der Waals surface area contributed by atoms with Crippen molar-refractivity contribution in [2.24, 2.45) is 0 Å². The monoisotopic (exact) mass is 269 g/mol. The number of nitrogen functional groups attached to an aromatic ring is 1. The van der Waals surface area contributed by atoms with Gasteiger partial charge in [-0.2, -0.15) is 21.6 Å². The summed E-state index contributed by atoms with van der Waals surface area (Å²) >= 11 is 0. The van der Waals surface area contributed by atoms with E-state index in [1.165, 1.54) is 0 Å². The van der Waals surface area contributed by atoms with Crippen LogP contribution < -0.4 is 15.2 Å². The van der Waals surface area contributed by atoms with Crippen molar-refractivity contribution in [2.45, 2.75) is 6.18 Å². The van der Waals surface area contributed by atoms with Crippen molar-refractivity contribution < 1.29 is 21.6 Å². The molecule has 0 saturated heterocycles. The highest BCUT2D eigenvalue weighted by Crippen LogP contribution is 2.35. The minimum absolute atomic E-state index is 0.221. The molecule has 17 heavy (non-hydrogen) atoms. The van der Waals surface area contributed by atoms with Gasteiger partial charge in [0, 0.05) is 12.7 Å². The minimum atomic E-state index is -4.63. The van der Waals surface area contributed by atoms with Crippen molar-refractivity contribution >= 4 is 21.6 Å². The summed E-state index contributed by atoms with van der Waals surface area (Å²) in [7, 11) is -2.73. The Hall–Kier alpha value is -1.48. The van der Waals surface area contributed by atoms with E-state index in [0.717, 1.165) is 19.2 Å². The molecule has 0 saturated carbocycles. The Bertz CT molecular complexity index is 513. The molecule has 0 atom stereocenters. The fourth-order valence-corrected chi connectivity index (χ4v) is 1.61. The van der Waals surface area contributed by atoms with Gasteiger partial charge in [0.2, 0.25) is 0 Å². The number of rotatable bonds is 3. The second-order valence-electron chi connectivity index (χ2n) is 3.11. The van der Waals surface area contributed by atoms with Gasteiger partial charge in [-0.3, -0.25) is 4.72 Å². The maximum absolute atomic E-state index is 12.5. The van der Waals surface area contributed by atoms with Gasteiger partial charge in [-0.1, -0.05) is 0 Å². The van der Waals surface area contributed by atoms with E-state index in [-0.39, 0.29) is 5.69 Å². The summed E-state index contributed by atoms with van der Waals surface area (Å²) < 4.78 is 63.4. The van der Waals surface area contributed by atoms with Crippen LogP contribution in [-0.2, 0) is 16.4 Å². The van der Waals surface area contributed by atoms with Gasteiger partial charge in [0.05, 0.1) is 11.3 Å². The Labute approximate surface area is 96.0 Å². The van der Waals surface area contributed by atoms with Gasteiger partial charge in [0.1, 0.15) is 0 Å². The lowest BCUT2D eigenvalue weighted by atomic mass is 10.1. The molecule has 0 aromatic heterocycles. The summed E-state index contributed by atoms with van der Waals surface area (Å²) in [5, 5.41) is 0. The average molecular weight is 269 g/mol. The van der Waals surface area contributed by atoms with Crippen LogP contribution in [-0.4, -0.2) is 15.5 Å². The Kier molecular flexibility index (Phi) is 3.53. The predicted octanol–water partition coefficient (Wildman–Crippen LogP) is 1.16. The van der Waals surface area contributed by atoms with Crippen molar-refractivity contribution in [1.29, 1.82) is 0 Å². The maximum atomic E-state index is 12.5. The van der Waals surface area contributed by atoms with E-state index in [4.69, 9.17) is 5.73 Å². The molecule has 1 aromatic carbocycles. The highest BCUT2D eigenvalue weighted by atomic mass is 32.2. The van der Waals surface area contributed by atoms with E-state index in [2.05, 4.69) is 0 Å². The number of halogens is 3. The second-order valence-corrected chi connectivity index (χ2v) is 4.73. The van der Waals surface area contributed by atoms with Gasteiger partial charge in [-0.05, 0) is 18.2 Å². The van der Waals surface area contributed by atoms with Crippen LogP contribution in [0.2, 0.25) is 0 Å². The van der Waals surface area contributed by atoms with Crippen LogP contribution in [0, 0.1) is 0 Å². The molecule has 0 aliphatic heterocycles. The lowest BCUT2D eigenvalue weighted by molar-refractivity contribution is -0.136. The van der Waals surface area contributed by atoms with E-state index >= 15 is 0 Å². The molecule has 0 spiro atoms. The van der Waals surface area contributed by atoms with Crippen LogP contribution in [0.25, 0.3) is 0 Å². The van der Waals surface area contributed by atoms with Crippen molar-refractivity contribution in [1.82, 2.24) is 4.72 Å². The molecular formula is C8H10F3N3O2S. The van der Waals surface area contributed by atoms with Gasteiger partial charge < -0.3 is 5.73 Å². The zero-order chi connectivity index (χ0) is 13.3. The van der Waals surface area contributed by atoms with Crippen molar-refractivity contribution in [3.8, 4) is 0 Å². The summed E-state index contributed by atoms with van der Waals surface area (Å²) in [5.41, 5.74) is 3.38. The lowest BCUT2D eigenvalue weighted by Crippen LogP contribution is -2.26. The molecule has 1 aromatic rings. The molecule has 1 rings (SSSR count). The molecule has 96 valence electrons. The fourth-order valence-electron chi connectivity index (χ4n) is 1.07. The third-order valence-corrected chi connectivity index (χ3v) is 2.92. The Morgan fingerprint density at radius 3 is 2.35 bits per heavy atom. The molecule has 5 nitrogen and oxygen atoms in total. The number of anilines is 2. The first-order valence-corrected chi connectivity index (χ1v) is 5.82. The molecule has 4 N–H and O–H groups in total. The molecule has 0 bridgehead atoms. The van der Waals surface area contributed by atoms with Gasteiger partial charge >= 0.3 is 6.18 Å². The fraction of sp³-hybridized carbons (Fsp3) is 0.250. The van der Waals surface area contributed by atoms with Crippen LogP contribution in [0.15, 0.2) is 18.2 Å². The summed E-state index contributed by atoms with van der Waals surface area (Å²) in [6, 6.07) is 2.75. The Morgan fingerprint density at radius 2 is 1.88 bits per heavy atom. The SMILES string of the molecule is CNS(=O)(=O)Nc1ccc(N)c(C(F)(F)F)c1. The van der Waals surface area contributed by atoms with Gasteiger partial charge in [-0.15, -0.1) is 0 Å². The molecule has 0 aliphatic rings. The van der Waals surface area contributed by atoms with Crippen LogP contribution in [0.5, 0.6) is 0 Å². The molecule has 0 radical (unpaired) electrons. The molecule has 0 aliphatic carbocycles. The zero-order valence-electron chi connectivity index (χ0n) is 8.67. The van der Waals surface area contributed by atoms with E-state index in [9.17, 15) is 21.6 Å². The predicted molar refractivity (Wildman–Crippen MR) is 57.5 cm³/mol. The zero-order valence-corrected chi connectivity index (χ0v) is 9.48. The van der Waals surface area contributed by atoms with Crippen LogP contribution in [0.4, 0.5) is 24.5 Å². The maximum Gasteiger partial charge on any atom is 0.418 e. The van der Waals surface area contributed by atoms with Crippen molar-refractivity contribution in [2.75, 3.05) is 17.5 Å². The van der Waals surface area contributed by atoms with Crippen molar-refractivity contribution in [3.05, 3.63) is 23.8 Å². The molecular weight excluding hydrogens is 259 g/mol. The molecule has 0 heterocycles. The number of nitrogens with two attached hydrogens (primary N) is 1. The highest BCUT2D eigenvalue weighted by molar-refractivity contribution is 7.90. The summed E-state index contributed by atoms with van der Waals surface area (Å²) in [6.45, 7) is 0.